The maximum Gasteiger partial charge on any atom is 0.251 e. The van der Waals surface area contributed by atoms with E-state index in [9.17, 15) is 17.6 Å². The van der Waals surface area contributed by atoms with Crippen LogP contribution in [0.5, 0.6) is 0 Å². The highest BCUT2D eigenvalue weighted by Crippen LogP contribution is 2.17. The number of halogens is 2. The second kappa shape index (κ2) is 10.1. The van der Waals surface area contributed by atoms with Crippen molar-refractivity contribution in [1.29, 1.82) is 0 Å². The first-order chi connectivity index (χ1) is 13.2. The Kier molecular flexibility index (Phi) is 8.11. The number of sulfonamides is 1. The van der Waals surface area contributed by atoms with Crippen LogP contribution >= 0.6 is 15.9 Å². The minimum absolute atomic E-state index is 0.00242. The van der Waals surface area contributed by atoms with Crippen molar-refractivity contribution < 1.29 is 22.3 Å². The van der Waals surface area contributed by atoms with Gasteiger partial charge < -0.3 is 10.1 Å². The molecular weight excluding hydrogens is 451 g/mol. The van der Waals surface area contributed by atoms with Gasteiger partial charge in [0.2, 0.25) is 10.0 Å². The molecule has 0 heterocycles. The number of methoxy groups -OCH3 is 1. The van der Waals surface area contributed by atoms with Crippen LogP contribution in [0.2, 0.25) is 0 Å². The van der Waals surface area contributed by atoms with Crippen LogP contribution in [-0.4, -0.2) is 41.1 Å². The summed E-state index contributed by atoms with van der Waals surface area (Å²) in [7, 11) is -2.27. The van der Waals surface area contributed by atoms with Crippen LogP contribution in [0.15, 0.2) is 45.8 Å². The van der Waals surface area contributed by atoms with Gasteiger partial charge in [-0.25, -0.2) is 17.5 Å². The Labute approximate surface area is 172 Å². The topological polar surface area (TPSA) is 84.5 Å². The Hall–Kier alpha value is -1.81. The highest BCUT2D eigenvalue weighted by atomic mass is 79.9. The van der Waals surface area contributed by atoms with E-state index in [2.05, 4.69) is 26.0 Å². The molecule has 2 rings (SSSR count). The minimum Gasteiger partial charge on any atom is -0.383 e. The number of nitrogens with one attached hydrogen (secondary N) is 2. The molecule has 0 aliphatic rings. The van der Waals surface area contributed by atoms with E-state index < -0.39 is 15.9 Å². The zero-order valence-corrected chi connectivity index (χ0v) is 18.0. The Balaban J connectivity index is 2.07. The third-order valence-corrected chi connectivity index (χ3v) is 6.00. The number of aryl methyl sites for hydroxylation is 1. The maximum absolute atomic E-state index is 13.8. The number of rotatable bonds is 9. The largest absolute Gasteiger partial charge is 0.383 e. The molecule has 0 aliphatic carbocycles. The second-order valence-corrected chi connectivity index (χ2v) is 8.79. The van der Waals surface area contributed by atoms with Gasteiger partial charge in [0.1, 0.15) is 5.82 Å². The molecule has 0 aromatic heterocycles. The number of hydrogen-bond donors (Lipinski definition) is 2. The molecule has 9 heteroatoms. The third-order valence-electron chi connectivity index (χ3n) is 4.05. The second-order valence-electron chi connectivity index (χ2n) is 6.11. The van der Waals surface area contributed by atoms with Crippen molar-refractivity contribution in [2.75, 3.05) is 26.8 Å². The lowest BCUT2D eigenvalue weighted by Crippen LogP contribution is -2.29. The molecule has 0 unspecified atom stereocenters. The lowest BCUT2D eigenvalue weighted by molar-refractivity contribution is 0.0953. The van der Waals surface area contributed by atoms with E-state index in [0.717, 1.165) is 4.47 Å². The molecule has 0 spiro atoms. The van der Waals surface area contributed by atoms with Crippen molar-refractivity contribution in [2.45, 2.75) is 18.2 Å². The summed E-state index contributed by atoms with van der Waals surface area (Å²) >= 11 is 3.29. The molecule has 2 aromatic carbocycles. The predicted molar refractivity (Wildman–Crippen MR) is 108 cm³/mol. The van der Waals surface area contributed by atoms with Crippen LogP contribution in [0.1, 0.15) is 21.5 Å². The average molecular weight is 473 g/mol. The summed E-state index contributed by atoms with van der Waals surface area (Å²) in [5, 5.41) is 2.71. The van der Waals surface area contributed by atoms with Gasteiger partial charge in [0.15, 0.2) is 0 Å². The van der Waals surface area contributed by atoms with Crippen LogP contribution in [0.3, 0.4) is 0 Å². The quantitative estimate of drug-likeness (QED) is 0.549. The summed E-state index contributed by atoms with van der Waals surface area (Å²) in [6.45, 7) is 2.31. The smallest absolute Gasteiger partial charge is 0.251 e. The van der Waals surface area contributed by atoms with Crippen LogP contribution in [-0.2, 0) is 21.2 Å². The fourth-order valence-electron chi connectivity index (χ4n) is 2.52. The van der Waals surface area contributed by atoms with Gasteiger partial charge in [-0.3, -0.25) is 4.79 Å². The number of carbonyl (C=O) groups is 1. The Morgan fingerprint density at radius 2 is 1.93 bits per heavy atom. The monoisotopic (exact) mass is 472 g/mol. The molecule has 152 valence electrons. The van der Waals surface area contributed by atoms with Gasteiger partial charge >= 0.3 is 0 Å². The number of hydrogen-bond acceptors (Lipinski definition) is 4. The van der Waals surface area contributed by atoms with E-state index >= 15 is 0 Å². The van der Waals surface area contributed by atoms with Crippen LogP contribution in [0.4, 0.5) is 4.39 Å². The minimum atomic E-state index is -3.74. The molecule has 0 bridgehead atoms. The van der Waals surface area contributed by atoms with Gasteiger partial charge in [0, 0.05) is 30.2 Å². The summed E-state index contributed by atoms with van der Waals surface area (Å²) in [6.07, 6.45) is 0.312. The molecule has 2 N–H and O–H groups in total. The Morgan fingerprint density at radius 3 is 2.64 bits per heavy atom. The fraction of sp³-hybridized carbons (Fsp3) is 0.316. The molecule has 0 fully saturated rings. The van der Waals surface area contributed by atoms with E-state index in [1.165, 1.54) is 25.3 Å². The van der Waals surface area contributed by atoms with E-state index in [1.54, 1.807) is 25.1 Å². The first-order valence-corrected chi connectivity index (χ1v) is 10.8. The van der Waals surface area contributed by atoms with Crippen molar-refractivity contribution in [3.05, 3.63) is 63.4 Å². The fourth-order valence-corrected chi connectivity index (χ4v) is 3.96. The molecule has 0 aliphatic heterocycles. The van der Waals surface area contributed by atoms with Gasteiger partial charge in [0.25, 0.3) is 5.91 Å². The van der Waals surface area contributed by atoms with Crippen molar-refractivity contribution in [2.24, 2.45) is 0 Å². The van der Waals surface area contributed by atoms with Crippen LogP contribution in [0, 0.1) is 12.7 Å². The normalized spacial score (nSPS) is 11.4. The third kappa shape index (κ3) is 6.10. The summed E-state index contributed by atoms with van der Waals surface area (Å²) < 4.78 is 46.4. The summed E-state index contributed by atoms with van der Waals surface area (Å²) in [5.74, 6) is -0.759. The van der Waals surface area contributed by atoms with Crippen molar-refractivity contribution >= 4 is 31.9 Å². The average Bonchev–Trinajstić information content (AvgIpc) is 2.64. The summed E-state index contributed by atoms with van der Waals surface area (Å²) in [5.41, 5.74) is 1.37. The maximum atomic E-state index is 13.8. The van der Waals surface area contributed by atoms with Crippen molar-refractivity contribution in [3.63, 3.8) is 0 Å². The number of ether oxygens (including phenoxy) is 1. The lowest BCUT2D eigenvalue weighted by Gasteiger charge is -2.11. The lowest BCUT2D eigenvalue weighted by atomic mass is 10.1. The Bertz CT molecular complexity index is 951. The molecule has 6 nitrogen and oxygen atoms in total. The summed E-state index contributed by atoms with van der Waals surface area (Å²) in [6, 6.07) is 8.97. The highest BCUT2D eigenvalue weighted by Gasteiger charge is 2.17. The molecule has 2 aromatic rings. The first-order valence-electron chi connectivity index (χ1n) is 8.56. The van der Waals surface area contributed by atoms with Crippen LogP contribution < -0.4 is 10.0 Å². The number of benzene rings is 2. The van der Waals surface area contributed by atoms with Gasteiger partial charge in [0.05, 0.1) is 11.5 Å². The molecule has 0 saturated heterocycles. The molecule has 28 heavy (non-hydrogen) atoms. The standard InChI is InChI=1S/C19H22BrFN2O4S/c1-13-3-5-16(28(25,26)23-9-10-27-2)12-17(13)19(24)22-8-7-14-11-15(20)4-6-18(14)21/h3-6,11-12,23H,7-10H2,1-2H3,(H,22,24). The van der Waals surface area contributed by atoms with Gasteiger partial charge in [-0.15, -0.1) is 0 Å². The first kappa shape index (κ1) is 22.5. The summed E-state index contributed by atoms with van der Waals surface area (Å²) in [4.78, 5) is 12.5. The molecule has 0 saturated carbocycles. The van der Waals surface area contributed by atoms with E-state index in [1.807, 2.05) is 0 Å². The van der Waals surface area contributed by atoms with E-state index in [4.69, 9.17) is 4.74 Å². The molecule has 0 atom stereocenters. The highest BCUT2D eigenvalue weighted by molar-refractivity contribution is 9.10. The molecular formula is C19H22BrFN2O4S. The zero-order chi connectivity index (χ0) is 20.7. The van der Waals surface area contributed by atoms with Gasteiger partial charge in [-0.2, -0.15) is 0 Å². The molecule has 1 amide bonds. The van der Waals surface area contributed by atoms with Crippen molar-refractivity contribution in [1.82, 2.24) is 10.0 Å². The van der Waals surface area contributed by atoms with Gasteiger partial charge in [-0.05, 0) is 54.8 Å². The number of amides is 1. The SMILES string of the molecule is COCCNS(=O)(=O)c1ccc(C)c(C(=O)NCCc2cc(Br)ccc2F)c1. The van der Waals surface area contributed by atoms with Crippen LogP contribution in [0.25, 0.3) is 0 Å². The Morgan fingerprint density at radius 1 is 1.18 bits per heavy atom. The van der Waals surface area contributed by atoms with Crippen molar-refractivity contribution in [3.8, 4) is 0 Å². The van der Waals surface area contributed by atoms with E-state index in [-0.39, 0.29) is 36.0 Å². The number of carbonyl (C=O) groups excluding carboxylic acids is 1. The predicted octanol–water partition coefficient (Wildman–Crippen LogP) is 2.79. The molecule has 0 radical (unpaired) electrons. The van der Waals surface area contributed by atoms with E-state index in [0.29, 0.717) is 17.5 Å². The van der Waals surface area contributed by atoms with Gasteiger partial charge in [-0.1, -0.05) is 22.0 Å². The zero-order valence-electron chi connectivity index (χ0n) is 15.6.